The Bertz CT molecular complexity index is 490. The standard InChI is InChI=1S/C21H32O/c1-3-5-15-8-7-14-9-10-16-17(19(14)20(15)22)11-13-21(2)12-4-6-18(16)21/h3,14,16-19,22H,1,4-13H2,2H3/t14?,16-,17+,18+,19+,21+/m1/s1. The van der Waals surface area contributed by atoms with E-state index in [1.807, 2.05) is 6.08 Å². The van der Waals surface area contributed by atoms with Crippen molar-refractivity contribution in [1.29, 1.82) is 0 Å². The molecular weight excluding hydrogens is 268 g/mol. The second kappa shape index (κ2) is 5.42. The minimum absolute atomic E-state index is 0.493. The summed E-state index contributed by atoms with van der Waals surface area (Å²) in [6, 6.07) is 0. The smallest absolute Gasteiger partial charge is 0.0954 e. The second-order valence-electron chi connectivity index (χ2n) is 8.90. The minimum Gasteiger partial charge on any atom is -0.512 e. The van der Waals surface area contributed by atoms with E-state index in [1.165, 1.54) is 56.9 Å². The van der Waals surface area contributed by atoms with Gasteiger partial charge >= 0.3 is 0 Å². The predicted octanol–water partition coefficient (Wildman–Crippen LogP) is 6.03. The summed E-state index contributed by atoms with van der Waals surface area (Å²) < 4.78 is 0. The van der Waals surface area contributed by atoms with Crippen LogP contribution in [-0.4, -0.2) is 5.11 Å². The average molecular weight is 300 g/mol. The summed E-state index contributed by atoms with van der Waals surface area (Å²) in [7, 11) is 0. The highest BCUT2D eigenvalue weighted by Crippen LogP contribution is 2.62. The molecule has 1 heteroatoms. The topological polar surface area (TPSA) is 20.2 Å². The Balaban J connectivity index is 1.64. The number of aliphatic hydroxyl groups is 1. The van der Waals surface area contributed by atoms with Crippen molar-refractivity contribution in [1.82, 2.24) is 0 Å². The van der Waals surface area contributed by atoms with Crippen LogP contribution in [0.4, 0.5) is 0 Å². The molecule has 22 heavy (non-hydrogen) atoms. The molecule has 0 bridgehead atoms. The van der Waals surface area contributed by atoms with Crippen LogP contribution in [-0.2, 0) is 0 Å². The van der Waals surface area contributed by atoms with Crippen LogP contribution >= 0.6 is 0 Å². The zero-order valence-corrected chi connectivity index (χ0v) is 14.2. The number of fused-ring (bicyclic) bond motifs is 5. The van der Waals surface area contributed by atoms with E-state index in [9.17, 15) is 5.11 Å². The van der Waals surface area contributed by atoms with Crippen LogP contribution in [0.25, 0.3) is 0 Å². The number of hydrogen-bond donors (Lipinski definition) is 1. The molecule has 0 amide bonds. The lowest BCUT2D eigenvalue weighted by Crippen LogP contribution is -2.47. The summed E-state index contributed by atoms with van der Waals surface area (Å²) in [6.45, 7) is 6.44. The molecule has 1 unspecified atom stereocenters. The lowest BCUT2D eigenvalue weighted by molar-refractivity contribution is -0.0420. The molecule has 4 aliphatic carbocycles. The average Bonchev–Trinajstić information content (AvgIpc) is 2.91. The highest BCUT2D eigenvalue weighted by Gasteiger charge is 2.54. The maximum atomic E-state index is 11.0. The molecule has 4 rings (SSSR count). The maximum Gasteiger partial charge on any atom is 0.0954 e. The monoisotopic (exact) mass is 300 g/mol. The van der Waals surface area contributed by atoms with E-state index in [4.69, 9.17) is 0 Å². The van der Waals surface area contributed by atoms with Crippen molar-refractivity contribution >= 4 is 0 Å². The van der Waals surface area contributed by atoms with Gasteiger partial charge in [0.1, 0.15) is 0 Å². The first-order valence-corrected chi connectivity index (χ1v) is 9.66. The zero-order valence-electron chi connectivity index (χ0n) is 14.2. The molecule has 0 heterocycles. The fourth-order valence-corrected chi connectivity index (χ4v) is 6.96. The summed E-state index contributed by atoms with van der Waals surface area (Å²) in [5.41, 5.74) is 1.93. The van der Waals surface area contributed by atoms with Crippen LogP contribution in [0.1, 0.15) is 71.1 Å². The van der Waals surface area contributed by atoms with Gasteiger partial charge in [-0.05, 0) is 92.4 Å². The van der Waals surface area contributed by atoms with E-state index in [1.54, 1.807) is 0 Å². The Hall–Kier alpha value is -0.720. The fraction of sp³-hybridized carbons (Fsp3) is 0.810. The van der Waals surface area contributed by atoms with Gasteiger partial charge in [0.25, 0.3) is 0 Å². The van der Waals surface area contributed by atoms with Gasteiger partial charge in [0, 0.05) is 5.92 Å². The molecule has 1 N–H and O–H groups in total. The zero-order chi connectivity index (χ0) is 15.3. The van der Waals surface area contributed by atoms with Crippen LogP contribution < -0.4 is 0 Å². The van der Waals surface area contributed by atoms with Gasteiger partial charge < -0.3 is 5.11 Å². The van der Waals surface area contributed by atoms with Crippen LogP contribution in [0.15, 0.2) is 24.0 Å². The first-order chi connectivity index (χ1) is 10.6. The predicted molar refractivity (Wildman–Crippen MR) is 91.6 cm³/mol. The van der Waals surface area contributed by atoms with Crippen LogP contribution in [0, 0.1) is 35.0 Å². The maximum absolute atomic E-state index is 11.0. The summed E-state index contributed by atoms with van der Waals surface area (Å²) in [5, 5.41) is 11.0. The number of hydrogen-bond acceptors (Lipinski definition) is 1. The Labute approximate surface area is 135 Å². The van der Waals surface area contributed by atoms with Crippen molar-refractivity contribution in [3.05, 3.63) is 24.0 Å². The molecule has 6 atom stereocenters. The molecule has 0 saturated heterocycles. The molecule has 1 nitrogen and oxygen atoms in total. The Kier molecular flexibility index (Phi) is 3.66. The third kappa shape index (κ3) is 2.11. The minimum atomic E-state index is 0.493. The normalized spacial score (nSPS) is 47.6. The van der Waals surface area contributed by atoms with Gasteiger partial charge in [-0.2, -0.15) is 0 Å². The lowest BCUT2D eigenvalue weighted by Gasteiger charge is -2.54. The van der Waals surface area contributed by atoms with Gasteiger partial charge in [0.05, 0.1) is 5.76 Å². The molecular formula is C21H32O. The Morgan fingerprint density at radius 3 is 2.82 bits per heavy atom. The molecule has 122 valence electrons. The van der Waals surface area contributed by atoms with Crippen molar-refractivity contribution in [3.63, 3.8) is 0 Å². The van der Waals surface area contributed by atoms with Crippen LogP contribution in [0.3, 0.4) is 0 Å². The summed E-state index contributed by atoms with van der Waals surface area (Å²) in [4.78, 5) is 0. The molecule has 0 radical (unpaired) electrons. The third-order valence-electron chi connectivity index (χ3n) is 8.00. The van der Waals surface area contributed by atoms with Crippen LogP contribution in [0.5, 0.6) is 0 Å². The largest absolute Gasteiger partial charge is 0.512 e. The van der Waals surface area contributed by atoms with Gasteiger partial charge in [0.15, 0.2) is 0 Å². The molecule has 0 aromatic rings. The summed E-state index contributed by atoms with van der Waals surface area (Å²) in [6.07, 6.45) is 15.2. The van der Waals surface area contributed by atoms with E-state index in [-0.39, 0.29) is 0 Å². The molecule has 0 spiro atoms. The molecule has 3 fully saturated rings. The van der Waals surface area contributed by atoms with Crippen molar-refractivity contribution in [2.24, 2.45) is 35.0 Å². The van der Waals surface area contributed by atoms with Gasteiger partial charge in [-0.3, -0.25) is 0 Å². The summed E-state index contributed by atoms with van der Waals surface area (Å²) in [5.74, 6) is 4.67. The molecule has 0 aromatic heterocycles. The first-order valence-electron chi connectivity index (χ1n) is 9.66. The van der Waals surface area contributed by atoms with E-state index in [0.29, 0.717) is 11.3 Å². The van der Waals surface area contributed by atoms with Gasteiger partial charge in [-0.1, -0.05) is 19.4 Å². The quantitative estimate of drug-likeness (QED) is 0.617. The van der Waals surface area contributed by atoms with Crippen molar-refractivity contribution in [2.75, 3.05) is 0 Å². The fourth-order valence-electron chi connectivity index (χ4n) is 6.96. The van der Waals surface area contributed by atoms with Gasteiger partial charge in [0.2, 0.25) is 0 Å². The van der Waals surface area contributed by atoms with E-state index in [0.717, 1.165) is 42.3 Å². The number of allylic oxidation sites excluding steroid dienone is 3. The molecule has 0 aromatic carbocycles. The third-order valence-corrected chi connectivity index (χ3v) is 8.00. The Morgan fingerprint density at radius 2 is 2.00 bits per heavy atom. The Morgan fingerprint density at radius 1 is 1.14 bits per heavy atom. The van der Waals surface area contributed by atoms with Gasteiger partial charge in [-0.15, -0.1) is 6.58 Å². The number of aliphatic hydroxyl groups excluding tert-OH is 1. The SMILES string of the molecule is C=CCC1=C(O)[C@H]2C(CC1)CC[C@@H]1[C@@H]2CC[C@]2(C)CCC[C@@H]12. The highest BCUT2D eigenvalue weighted by molar-refractivity contribution is 5.21. The highest BCUT2D eigenvalue weighted by atomic mass is 16.3. The molecule has 0 aliphatic heterocycles. The summed E-state index contributed by atoms with van der Waals surface area (Å²) >= 11 is 0. The van der Waals surface area contributed by atoms with Crippen molar-refractivity contribution < 1.29 is 5.11 Å². The van der Waals surface area contributed by atoms with Crippen LogP contribution in [0.2, 0.25) is 0 Å². The number of rotatable bonds is 2. The van der Waals surface area contributed by atoms with Crippen molar-refractivity contribution in [3.8, 4) is 0 Å². The van der Waals surface area contributed by atoms with Crippen molar-refractivity contribution in [2.45, 2.75) is 71.1 Å². The molecule has 4 aliphatic rings. The first kappa shape index (κ1) is 14.8. The van der Waals surface area contributed by atoms with E-state index in [2.05, 4.69) is 13.5 Å². The second-order valence-corrected chi connectivity index (χ2v) is 8.90. The van der Waals surface area contributed by atoms with Gasteiger partial charge in [-0.25, -0.2) is 0 Å². The van der Waals surface area contributed by atoms with E-state index < -0.39 is 0 Å². The lowest BCUT2D eigenvalue weighted by atomic mass is 9.51. The molecule has 3 saturated carbocycles. The van der Waals surface area contributed by atoms with E-state index >= 15 is 0 Å².